The van der Waals surface area contributed by atoms with Crippen molar-refractivity contribution in [3.8, 4) is 0 Å². The summed E-state index contributed by atoms with van der Waals surface area (Å²) in [5.41, 5.74) is 0. The molecule has 3 atom stereocenters. The van der Waals surface area contributed by atoms with Crippen molar-refractivity contribution in [3.05, 3.63) is 72.8 Å². The second-order valence-electron chi connectivity index (χ2n) is 10.8. The first-order valence-corrected chi connectivity index (χ1v) is 14.5. The molecule has 2 fully saturated rings. The number of hydrogen-bond donors (Lipinski definition) is 0. The van der Waals surface area contributed by atoms with E-state index in [0.29, 0.717) is 6.04 Å². The van der Waals surface area contributed by atoms with Gasteiger partial charge in [0.25, 0.3) is 8.32 Å². The van der Waals surface area contributed by atoms with Crippen molar-refractivity contribution in [1.29, 1.82) is 0 Å². The maximum Gasteiger partial charge on any atom is 0.261 e. The zero-order valence-electron chi connectivity index (χ0n) is 20.5. The molecular formula is C29H41NOSi. The predicted octanol–water partition coefficient (Wildman–Crippen LogP) is 5.77. The van der Waals surface area contributed by atoms with Crippen LogP contribution >= 0.6 is 0 Å². The summed E-state index contributed by atoms with van der Waals surface area (Å²) in [7, 11) is -2.41. The molecule has 4 rings (SSSR count). The van der Waals surface area contributed by atoms with Crippen LogP contribution in [0, 0.1) is 5.92 Å². The predicted molar refractivity (Wildman–Crippen MR) is 139 cm³/mol. The molecule has 0 unspecified atom stereocenters. The van der Waals surface area contributed by atoms with Gasteiger partial charge >= 0.3 is 0 Å². The van der Waals surface area contributed by atoms with Crippen LogP contribution in [0.15, 0.2) is 72.8 Å². The molecule has 2 saturated heterocycles. The summed E-state index contributed by atoms with van der Waals surface area (Å²) in [5.74, 6) is 0.862. The zero-order chi connectivity index (χ0) is 22.6. The van der Waals surface area contributed by atoms with Crippen molar-refractivity contribution >= 4 is 18.7 Å². The highest BCUT2D eigenvalue weighted by Crippen LogP contribution is 2.37. The fourth-order valence-electron chi connectivity index (χ4n) is 6.13. The molecule has 2 aromatic rings. The SMILES string of the molecule is C[C@@H]1CC[C@@H](/C=C\CCO[Si](c2ccccc2)(c2ccccc2)C(C)(C)C)N2CCC[C@@H]12. The average Bonchev–Trinajstić information content (AvgIpc) is 3.29. The van der Waals surface area contributed by atoms with Gasteiger partial charge in [-0.2, -0.15) is 0 Å². The molecule has 2 nitrogen and oxygen atoms in total. The lowest BCUT2D eigenvalue weighted by molar-refractivity contribution is 0.106. The summed E-state index contributed by atoms with van der Waals surface area (Å²) in [5, 5.41) is 2.77. The first-order chi connectivity index (χ1) is 15.4. The van der Waals surface area contributed by atoms with Crippen molar-refractivity contribution in [2.75, 3.05) is 13.2 Å². The second kappa shape index (κ2) is 10.1. The summed E-state index contributed by atoms with van der Waals surface area (Å²) in [6.45, 7) is 11.6. The monoisotopic (exact) mass is 447 g/mol. The second-order valence-corrected chi connectivity index (χ2v) is 15.1. The third kappa shape index (κ3) is 4.66. The van der Waals surface area contributed by atoms with Crippen LogP contribution in [0.2, 0.25) is 5.04 Å². The normalized spacial score (nSPS) is 24.7. The van der Waals surface area contributed by atoms with Crippen molar-refractivity contribution in [2.45, 2.75) is 76.9 Å². The number of hydrogen-bond acceptors (Lipinski definition) is 2. The molecular weight excluding hydrogens is 406 g/mol. The maximum absolute atomic E-state index is 7.03. The van der Waals surface area contributed by atoms with E-state index in [1.165, 1.54) is 42.6 Å². The van der Waals surface area contributed by atoms with Gasteiger partial charge in [-0.1, -0.05) is 101 Å². The number of piperidine rings is 1. The molecule has 0 bridgehead atoms. The third-order valence-electron chi connectivity index (χ3n) is 7.72. The van der Waals surface area contributed by atoms with Crippen molar-refractivity contribution in [1.82, 2.24) is 4.90 Å². The van der Waals surface area contributed by atoms with Crippen LogP contribution in [-0.4, -0.2) is 38.5 Å². The van der Waals surface area contributed by atoms with Gasteiger partial charge in [-0.3, -0.25) is 4.90 Å². The van der Waals surface area contributed by atoms with Crippen LogP contribution in [0.5, 0.6) is 0 Å². The van der Waals surface area contributed by atoms with Gasteiger partial charge in [0.15, 0.2) is 0 Å². The van der Waals surface area contributed by atoms with E-state index in [4.69, 9.17) is 4.43 Å². The Hall–Kier alpha value is -1.68. The largest absolute Gasteiger partial charge is 0.407 e. The van der Waals surface area contributed by atoms with E-state index in [9.17, 15) is 0 Å². The van der Waals surface area contributed by atoms with Crippen molar-refractivity contribution < 1.29 is 4.43 Å². The van der Waals surface area contributed by atoms with Crippen molar-refractivity contribution in [3.63, 3.8) is 0 Å². The van der Waals surface area contributed by atoms with Gasteiger partial charge in [0.2, 0.25) is 0 Å². The lowest BCUT2D eigenvalue weighted by atomic mass is 9.87. The smallest absolute Gasteiger partial charge is 0.261 e. The molecule has 0 aromatic heterocycles. The van der Waals surface area contributed by atoms with E-state index in [0.717, 1.165) is 25.0 Å². The van der Waals surface area contributed by atoms with Crippen LogP contribution in [0.3, 0.4) is 0 Å². The van der Waals surface area contributed by atoms with Gasteiger partial charge in [-0.05, 0) is 60.0 Å². The van der Waals surface area contributed by atoms with Crippen LogP contribution in [0.1, 0.15) is 59.8 Å². The Balaban J connectivity index is 1.50. The highest BCUT2D eigenvalue weighted by Gasteiger charge is 2.49. The summed E-state index contributed by atoms with van der Waals surface area (Å²) >= 11 is 0. The highest BCUT2D eigenvalue weighted by atomic mass is 28.4. The number of fused-ring (bicyclic) bond motifs is 1. The van der Waals surface area contributed by atoms with Crippen molar-refractivity contribution in [2.24, 2.45) is 5.92 Å². The minimum Gasteiger partial charge on any atom is -0.407 e. The Kier molecular flexibility index (Phi) is 7.39. The number of benzene rings is 2. The Morgan fingerprint density at radius 1 is 0.938 bits per heavy atom. The summed E-state index contributed by atoms with van der Waals surface area (Å²) in [4.78, 5) is 2.77. The van der Waals surface area contributed by atoms with Crippen LogP contribution < -0.4 is 10.4 Å². The minimum absolute atomic E-state index is 0.0434. The molecule has 2 aromatic carbocycles. The fourth-order valence-corrected chi connectivity index (χ4v) is 10.7. The average molecular weight is 448 g/mol. The fraction of sp³-hybridized carbons (Fsp3) is 0.517. The Morgan fingerprint density at radius 2 is 1.56 bits per heavy atom. The molecule has 0 spiro atoms. The molecule has 2 aliphatic heterocycles. The highest BCUT2D eigenvalue weighted by molar-refractivity contribution is 6.99. The molecule has 0 amide bonds. The van der Waals surface area contributed by atoms with E-state index >= 15 is 0 Å². The summed E-state index contributed by atoms with van der Waals surface area (Å²) < 4.78 is 7.03. The quantitative estimate of drug-likeness (QED) is 0.303. The van der Waals surface area contributed by atoms with Crippen LogP contribution in [0.4, 0.5) is 0 Å². The molecule has 2 aliphatic rings. The molecule has 0 N–H and O–H groups in total. The number of nitrogens with zero attached hydrogens (tertiary/aromatic N) is 1. The van der Waals surface area contributed by atoms with Gasteiger partial charge in [0.1, 0.15) is 0 Å². The van der Waals surface area contributed by atoms with E-state index in [-0.39, 0.29) is 5.04 Å². The summed E-state index contributed by atoms with van der Waals surface area (Å²) in [6, 6.07) is 23.4. The van der Waals surface area contributed by atoms with Gasteiger partial charge in [-0.25, -0.2) is 0 Å². The zero-order valence-corrected chi connectivity index (χ0v) is 21.5. The lowest BCUT2D eigenvalue weighted by Gasteiger charge is -2.43. The molecule has 0 radical (unpaired) electrons. The lowest BCUT2D eigenvalue weighted by Crippen LogP contribution is -2.66. The minimum atomic E-state index is -2.41. The Bertz CT molecular complexity index is 834. The molecule has 0 aliphatic carbocycles. The Labute approximate surface area is 196 Å². The van der Waals surface area contributed by atoms with E-state index in [1.54, 1.807) is 0 Å². The van der Waals surface area contributed by atoms with E-state index in [1.807, 2.05) is 0 Å². The maximum atomic E-state index is 7.03. The number of rotatable bonds is 7. The van der Waals surface area contributed by atoms with Gasteiger partial charge < -0.3 is 4.43 Å². The molecule has 172 valence electrons. The molecule has 2 heterocycles. The summed E-state index contributed by atoms with van der Waals surface area (Å²) in [6.07, 6.45) is 11.3. The first-order valence-electron chi connectivity index (χ1n) is 12.6. The van der Waals surface area contributed by atoms with E-state index < -0.39 is 8.32 Å². The third-order valence-corrected chi connectivity index (χ3v) is 12.8. The molecule has 32 heavy (non-hydrogen) atoms. The van der Waals surface area contributed by atoms with Crippen LogP contribution in [0.25, 0.3) is 0 Å². The van der Waals surface area contributed by atoms with E-state index in [2.05, 4.69) is 105 Å². The topological polar surface area (TPSA) is 12.5 Å². The van der Waals surface area contributed by atoms with Gasteiger partial charge in [0.05, 0.1) is 0 Å². The Morgan fingerprint density at radius 3 is 2.16 bits per heavy atom. The molecule has 0 saturated carbocycles. The van der Waals surface area contributed by atoms with Gasteiger partial charge in [0, 0.05) is 18.7 Å². The van der Waals surface area contributed by atoms with Crippen LogP contribution in [-0.2, 0) is 4.43 Å². The van der Waals surface area contributed by atoms with Gasteiger partial charge in [-0.15, -0.1) is 0 Å². The first kappa shape index (κ1) is 23.5. The molecule has 3 heteroatoms. The standard InChI is InChI=1S/C29H41NOSi/c1-24-20-21-25(30-22-13-19-28(24)30)14-11-12-23-31-32(29(2,3)4,26-15-7-5-8-16-26)27-17-9-6-10-18-27/h5-11,14-18,24-25,28H,12-13,19-23H2,1-4H3/b14-11-/t24-,25-,28+/m1/s1.